The third-order valence-corrected chi connectivity index (χ3v) is 5.82. The molecule has 3 aromatic carbocycles. The smallest absolute Gasteiger partial charge is 0.243 e. The number of carbonyl (C=O) groups excluding carboxylic acids is 2. The number of carbonyl (C=O) groups is 2. The van der Waals surface area contributed by atoms with Crippen molar-refractivity contribution in [2.75, 3.05) is 0 Å². The molecule has 4 nitrogen and oxygen atoms in total. The first kappa shape index (κ1) is 25.5. The van der Waals surface area contributed by atoms with Crippen molar-refractivity contribution < 1.29 is 9.59 Å². The summed E-state index contributed by atoms with van der Waals surface area (Å²) in [5.74, 6) is -0.250. The van der Waals surface area contributed by atoms with Gasteiger partial charge in [0, 0.05) is 24.0 Å². The van der Waals surface area contributed by atoms with Crippen LogP contribution in [0.15, 0.2) is 72.8 Å². The fraction of sp³-hybridized carbons (Fsp3) is 0.310. The number of nitrogens with one attached hydrogen (secondary N) is 1. The molecule has 0 fully saturated rings. The molecule has 0 aromatic heterocycles. The first-order valence-corrected chi connectivity index (χ1v) is 12.0. The number of halogens is 1. The average Bonchev–Trinajstić information content (AvgIpc) is 2.75. The van der Waals surface area contributed by atoms with Gasteiger partial charge in [0.25, 0.3) is 0 Å². The Bertz CT molecular complexity index is 1110. The van der Waals surface area contributed by atoms with Gasteiger partial charge >= 0.3 is 0 Å². The summed E-state index contributed by atoms with van der Waals surface area (Å²) in [4.78, 5) is 28.9. The summed E-state index contributed by atoms with van der Waals surface area (Å²) in [7, 11) is 0. The second kappa shape index (κ2) is 11.8. The van der Waals surface area contributed by atoms with E-state index in [0.717, 1.165) is 27.8 Å². The topological polar surface area (TPSA) is 49.4 Å². The van der Waals surface area contributed by atoms with Crippen molar-refractivity contribution in [1.82, 2.24) is 10.2 Å². The van der Waals surface area contributed by atoms with E-state index in [0.29, 0.717) is 18.0 Å². The Morgan fingerprint density at radius 2 is 1.50 bits per heavy atom. The Labute approximate surface area is 207 Å². The van der Waals surface area contributed by atoms with Crippen LogP contribution < -0.4 is 5.32 Å². The largest absolute Gasteiger partial charge is 0.352 e. The molecule has 0 aliphatic rings. The summed E-state index contributed by atoms with van der Waals surface area (Å²) >= 11 is 6.23. The van der Waals surface area contributed by atoms with E-state index in [1.54, 1.807) is 11.0 Å². The molecule has 3 rings (SSSR count). The van der Waals surface area contributed by atoms with Gasteiger partial charge in [-0.3, -0.25) is 9.59 Å². The molecule has 5 heteroatoms. The zero-order valence-electron chi connectivity index (χ0n) is 20.3. The number of rotatable bonds is 9. The Morgan fingerprint density at radius 3 is 2.12 bits per heavy atom. The lowest BCUT2D eigenvalue weighted by Crippen LogP contribution is -2.52. The maximum Gasteiger partial charge on any atom is 0.243 e. The van der Waals surface area contributed by atoms with E-state index in [1.165, 1.54) is 0 Å². The molecule has 0 aliphatic carbocycles. The van der Waals surface area contributed by atoms with Gasteiger partial charge in [0.1, 0.15) is 6.04 Å². The van der Waals surface area contributed by atoms with Gasteiger partial charge in [0.15, 0.2) is 0 Å². The third kappa shape index (κ3) is 7.46. The highest BCUT2D eigenvalue weighted by Crippen LogP contribution is 2.19. The molecule has 178 valence electrons. The second-order valence-corrected chi connectivity index (χ2v) is 9.63. The van der Waals surface area contributed by atoms with E-state index in [1.807, 2.05) is 88.4 Å². The van der Waals surface area contributed by atoms with Crippen LogP contribution >= 0.6 is 11.6 Å². The molecular formula is C29H33ClN2O2. The quantitative estimate of drug-likeness (QED) is 0.433. The number of nitrogens with zero attached hydrogens (tertiary/aromatic N) is 1. The first-order chi connectivity index (χ1) is 16.2. The highest BCUT2D eigenvalue weighted by molar-refractivity contribution is 6.30. The molecule has 0 bridgehead atoms. The zero-order valence-corrected chi connectivity index (χ0v) is 21.1. The van der Waals surface area contributed by atoms with Gasteiger partial charge in [-0.1, -0.05) is 83.4 Å². The molecule has 3 aromatic rings. The molecule has 0 saturated carbocycles. The van der Waals surface area contributed by atoms with Gasteiger partial charge in [0.05, 0.1) is 6.42 Å². The van der Waals surface area contributed by atoms with Crippen LogP contribution in [0.2, 0.25) is 5.02 Å². The molecule has 2 amide bonds. The van der Waals surface area contributed by atoms with E-state index >= 15 is 0 Å². The van der Waals surface area contributed by atoms with Gasteiger partial charge < -0.3 is 10.2 Å². The fourth-order valence-electron chi connectivity index (χ4n) is 4.21. The fourth-order valence-corrected chi connectivity index (χ4v) is 4.43. The lowest BCUT2D eigenvalue weighted by atomic mass is 10.00. The van der Waals surface area contributed by atoms with Crippen LogP contribution in [0.1, 0.15) is 41.7 Å². The first-order valence-electron chi connectivity index (χ1n) is 11.7. The minimum absolute atomic E-state index is 0.0340. The lowest BCUT2D eigenvalue weighted by molar-refractivity contribution is -0.141. The van der Waals surface area contributed by atoms with Crippen molar-refractivity contribution in [3.05, 3.63) is 106 Å². The molecule has 1 N–H and O–H groups in total. The molecule has 0 heterocycles. The lowest BCUT2D eigenvalue weighted by Gasteiger charge is -2.32. The van der Waals surface area contributed by atoms with Crippen LogP contribution in [-0.2, 0) is 29.0 Å². The van der Waals surface area contributed by atoms with Crippen LogP contribution in [0.3, 0.4) is 0 Å². The van der Waals surface area contributed by atoms with Crippen LogP contribution in [-0.4, -0.2) is 28.8 Å². The number of benzene rings is 3. The molecule has 0 radical (unpaired) electrons. The molecule has 34 heavy (non-hydrogen) atoms. The van der Waals surface area contributed by atoms with Gasteiger partial charge in [-0.25, -0.2) is 0 Å². The molecular weight excluding hydrogens is 444 g/mol. The monoisotopic (exact) mass is 476 g/mol. The summed E-state index contributed by atoms with van der Waals surface area (Å²) in [6.07, 6.45) is 0.655. The predicted molar refractivity (Wildman–Crippen MR) is 139 cm³/mol. The second-order valence-electron chi connectivity index (χ2n) is 9.19. The Hall–Kier alpha value is -3.11. The minimum Gasteiger partial charge on any atom is -0.352 e. The van der Waals surface area contributed by atoms with E-state index in [-0.39, 0.29) is 24.3 Å². The van der Waals surface area contributed by atoms with Gasteiger partial charge in [0.2, 0.25) is 11.8 Å². The van der Waals surface area contributed by atoms with Crippen molar-refractivity contribution in [1.29, 1.82) is 0 Å². The van der Waals surface area contributed by atoms with Gasteiger partial charge in [-0.05, 0) is 56.5 Å². The SMILES string of the molecule is Cc1cc(C)cc(CC(=O)N(Cc2cccc(Cl)c2)C(Cc2ccccc2)C(=O)NC(C)C)c1. The van der Waals surface area contributed by atoms with Crippen LogP contribution in [0, 0.1) is 13.8 Å². The van der Waals surface area contributed by atoms with Gasteiger partial charge in [-0.2, -0.15) is 0 Å². The molecule has 0 aliphatic heterocycles. The van der Waals surface area contributed by atoms with E-state index in [4.69, 9.17) is 11.6 Å². The number of aryl methyl sites for hydroxylation is 2. The van der Waals surface area contributed by atoms with Crippen molar-refractivity contribution in [3.8, 4) is 0 Å². The average molecular weight is 477 g/mol. The van der Waals surface area contributed by atoms with Crippen LogP contribution in [0.25, 0.3) is 0 Å². The Morgan fingerprint density at radius 1 is 0.853 bits per heavy atom. The summed E-state index contributed by atoms with van der Waals surface area (Å²) in [5.41, 5.74) is 5.06. The maximum absolute atomic E-state index is 13.8. The Balaban J connectivity index is 1.99. The molecule has 0 spiro atoms. The summed E-state index contributed by atoms with van der Waals surface area (Å²) in [5, 5.41) is 3.62. The minimum atomic E-state index is -0.651. The van der Waals surface area contributed by atoms with E-state index in [9.17, 15) is 9.59 Å². The molecule has 1 unspecified atom stereocenters. The highest BCUT2D eigenvalue weighted by Gasteiger charge is 2.30. The van der Waals surface area contributed by atoms with E-state index < -0.39 is 6.04 Å². The molecule has 1 atom stereocenters. The predicted octanol–water partition coefficient (Wildman–Crippen LogP) is 5.66. The highest BCUT2D eigenvalue weighted by atomic mass is 35.5. The van der Waals surface area contributed by atoms with E-state index in [2.05, 4.69) is 11.4 Å². The normalized spacial score (nSPS) is 11.8. The van der Waals surface area contributed by atoms with Crippen molar-refractivity contribution in [2.24, 2.45) is 0 Å². The van der Waals surface area contributed by atoms with Crippen molar-refractivity contribution >= 4 is 23.4 Å². The summed E-state index contributed by atoms with van der Waals surface area (Å²) in [6, 6.07) is 22.7. The van der Waals surface area contributed by atoms with Crippen LogP contribution in [0.5, 0.6) is 0 Å². The number of hydrogen-bond donors (Lipinski definition) is 1. The van der Waals surface area contributed by atoms with Crippen molar-refractivity contribution in [2.45, 2.75) is 59.2 Å². The van der Waals surface area contributed by atoms with Crippen LogP contribution in [0.4, 0.5) is 0 Å². The third-order valence-electron chi connectivity index (χ3n) is 5.58. The number of amides is 2. The summed E-state index contributed by atoms with van der Waals surface area (Å²) < 4.78 is 0. The van der Waals surface area contributed by atoms with Crippen molar-refractivity contribution in [3.63, 3.8) is 0 Å². The number of hydrogen-bond acceptors (Lipinski definition) is 2. The maximum atomic E-state index is 13.8. The Kier molecular flexibility index (Phi) is 8.89. The standard InChI is InChI=1S/C29H33ClN2O2/c1-20(2)31-29(34)27(17-23-9-6-5-7-10-23)32(19-24-11-8-12-26(30)16-24)28(33)18-25-14-21(3)13-22(4)15-25/h5-16,20,27H,17-19H2,1-4H3,(H,31,34). The van der Waals surface area contributed by atoms with Gasteiger partial charge in [-0.15, -0.1) is 0 Å². The summed E-state index contributed by atoms with van der Waals surface area (Å²) in [6.45, 7) is 8.21. The molecule has 0 saturated heterocycles. The zero-order chi connectivity index (χ0) is 24.7.